The van der Waals surface area contributed by atoms with Gasteiger partial charge in [-0.05, 0) is 63.3 Å². The summed E-state index contributed by atoms with van der Waals surface area (Å²) in [4.78, 5) is 26.0. The molecule has 0 saturated heterocycles. The van der Waals surface area contributed by atoms with Crippen LogP contribution in [0.3, 0.4) is 0 Å². The summed E-state index contributed by atoms with van der Waals surface area (Å²) in [5, 5.41) is 1.10. The van der Waals surface area contributed by atoms with Crippen molar-refractivity contribution < 1.29 is 19.1 Å². The molecule has 0 bridgehead atoms. The zero-order valence-electron chi connectivity index (χ0n) is 18.7. The van der Waals surface area contributed by atoms with E-state index in [4.69, 9.17) is 20.2 Å². The van der Waals surface area contributed by atoms with E-state index in [1.807, 2.05) is 42.5 Å². The van der Waals surface area contributed by atoms with Crippen LogP contribution in [0, 0.1) is 0 Å². The molecule has 9 heteroatoms. The van der Waals surface area contributed by atoms with Gasteiger partial charge < -0.3 is 19.2 Å². The molecular weight excluding hydrogens is 518 g/mol. The van der Waals surface area contributed by atoms with E-state index in [1.54, 1.807) is 35.5 Å². The highest BCUT2D eigenvalue weighted by atomic mass is 79.9. The molecule has 0 aliphatic heterocycles. The van der Waals surface area contributed by atoms with Crippen LogP contribution < -0.4 is 15.4 Å². The number of benzene rings is 2. The first kappa shape index (κ1) is 24.2. The molecule has 0 aliphatic rings. The van der Waals surface area contributed by atoms with Crippen LogP contribution in [0.4, 0.5) is 0 Å². The number of halogens is 1. The highest BCUT2D eigenvalue weighted by molar-refractivity contribution is 9.10. The molecule has 0 saturated carbocycles. The summed E-state index contributed by atoms with van der Waals surface area (Å²) in [5.74, 6) is 6.36. The van der Waals surface area contributed by atoms with Gasteiger partial charge in [0.15, 0.2) is 0 Å². The Morgan fingerprint density at radius 2 is 1.85 bits per heavy atom. The summed E-state index contributed by atoms with van der Waals surface area (Å²) in [6.45, 7) is 0.452. The molecule has 4 aromatic rings. The van der Waals surface area contributed by atoms with Crippen molar-refractivity contribution in [3.8, 4) is 11.6 Å². The Morgan fingerprint density at radius 1 is 1.09 bits per heavy atom. The third kappa shape index (κ3) is 5.23. The number of amides is 1. The maximum atomic E-state index is 13.8. The second kappa shape index (κ2) is 11.0. The summed E-state index contributed by atoms with van der Waals surface area (Å²) >= 11 is 5.01. The number of carbonyl (C=O) groups is 1. The van der Waals surface area contributed by atoms with Crippen LogP contribution in [0.15, 0.2) is 71.2 Å². The van der Waals surface area contributed by atoms with Gasteiger partial charge in [0.1, 0.15) is 11.4 Å². The standard InChI is InChI=1S/C25H24BrN3O4S/c1-31-18-9-7-16(8-10-18)14-29(25(30)20-12-11-19(26)24(28-20)32-2)21(15-33-27)23-13-17-5-3-4-6-22(17)34-23/h3-13,21H,14-15,27H2,1-2H3. The van der Waals surface area contributed by atoms with Gasteiger partial charge in [0.2, 0.25) is 5.88 Å². The van der Waals surface area contributed by atoms with Crippen molar-refractivity contribution in [3.05, 3.63) is 87.3 Å². The molecule has 34 heavy (non-hydrogen) atoms. The van der Waals surface area contributed by atoms with Crippen molar-refractivity contribution >= 4 is 43.3 Å². The Labute approximate surface area is 210 Å². The second-order valence-electron chi connectivity index (χ2n) is 7.50. The van der Waals surface area contributed by atoms with Gasteiger partial charge in [-0.25, -0.2) is 10.9 Å². The van der Waals surface area contributed by atoms with Gasteiger partial charge in [0.05, 0.1) is 31.3 Å². The zero-order valence-corrected chi connectivity index (χ0v) is 21.1. The van der Waals surface area contributed by atoms with Crippen molar-refractivity contribution in [2.24, 2.45) is 5.90 Å². The fourth-order valence-electron chi connectivity index (χ4n) is 3.67. The third-order valence-electron chi connectivity index (χ3n) is 5.40. The maximum Gasteiger partial charge on any atom is 0.273 e. The Morgan fingerprint density at radius 3 is 2.53 bits per heavy atom. The molecule has 2 aromatic heterocycles. The monoisotopic (exact) mass is 541 g/mol. The SMILES string of the molecule is COc1ccc(CN(C(=O)c2ccc(Br)c(OC)n2)C(CON)c2cc3ccccc3s2)cc1. The number of ether oxygens (including phenoxy) is 2. The normalized spacial score (nSPS) is 11.9. The Hall–Kier alpha value is -2.98. The highest BCUT2D eigenvalue weighted by Gasteiger charge is 2.29. The van der Waals surface area contributed by atoms with Gasteiger partial charge in [-0.15, -0.1) is 11.3 Å². The number of hydrogen-bond donors (Lipinski definition) is 1. The summed E-state index contributed by atoms with van der Waals surface area (Å²) in [6.07, 6.45) is 0. The number of nitrogens with two attached hydrogens (primary N) is 1. The van der Waals surface area contributed by atoms with E-state index in [0.717, 1.165) is 26.3 Å². The summed E-state index contributed by atoms with van der Waals surface area (Å²) < 4.78 is 12.4. The number of fused-ring (bicyclic) bond motifs is 1. The van der Waals surface area contributed by atoms with E-state index in [0.29, 0.717) is 16.9 Å². The third-order valence-corrected chi connectivity index (χ3v) is 7.22. The van der Waals surface area contributed by atoms with E-state index >= 15 is 0 Å². The van der Waals surface area contributed by atoms with Crippen molar-refractivity contribution in [1.29, 1.82) is 0 Å². The molecule has 1 amide bonds. The lowest BCUT2D eigenvalue weighted by molar-refractivity contribution is 0.0400. The average Bonchev–Trinajstić information content (AvgIpc) is 3.30. The van der Waals surface area contributed by atoms with Crippen LogP contribution in [0.5, 0.6) is 11.6 Å². The maximum absolute atomic E-state index is 13.8. The van der Waals surface area contributed by atoms with Crippen LogP contribution >= 0.6 is 27.3 Å². The number of hydrogen-bond acceptors (Lipinski definition) is 7. The van der Waals surface area contributed by atoms with Crippen molar-refractivity contribution in [2.45, 2.75) is 12.6 Å². The summed E-state index contributed by atoms with van der Waals surface area (Å²) in [7, 11) is 3.13. The number of aromatic nitrogens is 1. The quantitative estimate of drug-likeness (QED) is 0.287. The first-order valence-corrected chi connectivity index (χ1v) is 12.1. The molecule has 0 radical (unpaired) electrons. The van der Waals surface area contributed by atoms with Gasteiger partial charge in [-0.2, -0.15) is 0 Å². The molecule has 0 spiro atoms. The fourth-order valence-corrected chi connectivity index (χ4v) is 5.21. The van der Waals surface area contributed by atoms with Gasteiger partial charge in [0.25, 0.3) is 5.91 Å². The molecule has 1 unspecified atom stereocenters. The Balaban J connectivity index is 1.77. The number of pyridine rings is 1. The summed E-state index contributed by atoms with van der Waals surface area (Å²) in [5.41, 5.74) is 1.19. The Bertz CT molecular complexity index is 1250. The number of carbonyl (C=O) groups excluding carboxylic acids is 1. The first-order chi connectivity index (χ1) is 16.5. The zero-order chi connectivity index (χ0) is 24.1. The van der Waals surface area contributed by atoms with Crippen LogP contribution in [0.1, 0.15) is 27.0 Å². The van der Waals surface area contributed by atoms with Gasteiger partial charge in [-0.3, -0.25) is 4.79 Å². The summed E-state index contributed by atoms with van der Waals surface area (Å²) in [6, 6.07) is 20.8. The van der Waals surface area contributed by atoms with E-state index in [2.05, 4.69) is 33.0 Å². The van der Waals surface area contributed by atoms with Crippen LogP contribution in [0.25, 0.3) is 10.1 Å². The molecule has 0 aliphatic carbocycles. The largest absolute Gasteiger partial charge is 0.497 e. The molecule has 1 atom stereocenters. The average molecular weight is 542 g/mol. The molecule has 2 N–H and O–H groups in total. The minimum absolute atomic E-state index is 0.127. The minimum Gasteiger partial charge on any atom is -0.497 e. The molecule has 7 nitrogen and oxygen atoms in total. The lowest BCUT2D eigenvalue weighted by atomic mass is 10.1. The van der Waals surface area contributed by atoms with Crippen LogP contribution in [0.2, 0.25) is 0 Å². The predicted octanol–water partition coefficient (Wildman–Crippen LogP) is 5.35. The van der Waals surface area contributed by atoms with Crippen molar-refractivity contribution in [3.63, 3.8) is 0 Å². The highest BCUT2D eigenvalue weighted by Crippen LogP contribution is 2.35. The minimum atomic E-state index is -0.423. The van der Waals surface area contributed by atoms with Crippen molar-refractivity contribution in [2.75, 3.05) is 20.8 Å². The number of nitrogens with zero attached hydrogens (tertiary/aromatic N) is 2. The number of thiophene rings is 1. The van der Waals surface area contributed by atoms with E-state index < -0.39 is 6.04 Å². The van der Waals surface area contributed by atoms with E-state index in [-0.39, 0.29) is 18.2 Å². The first-order valence-electron chi connectivity index (χ1n) is 10.5. The topological polar surface area (TPSA) is 86.9 Å². The molecular formula is C25H24BrN3O4S. The molecule has 0 fully saturated rings. The van der Waals surface area contributed by atoms with Gasteiger partial charge >= 0.3 is 0 Å². The van der Waals surface area contributed by atoms with Crippen molar-refractivity contribution in [1.82, 2.24) is 9.88 Å². The second-order valence-corrected chi connectivity index (χ2v) is 9.47. The molecule has 2 heterocycles. The van der Waals surface area contributed by atoms with Gasteiger partial charge in [0, 0.05) is 16.1 Å². The lowest BCUT2D eigenvalue weighted by Gasteiger charge is -2.30. The molecule has 2 aromatic carbocycles. The smallest absolute Gasteiger partial charge is 0.273 e. The fraction of sp³-hybridized carbons (Fsp3) is 0.200. The van der Waals surface area contributed by atoms with E-state index in [1.165, 1.54) is 7.11 Å². The Kier molecular flexibility index (Phi) is 7.79. The number of methoxy groups -OCH3 is 2. The lowest BCUT2D eigenvalue weighted by Crippen LogP contribution is -2.37. The van der Waals surface area contributed by atoms with E-state index in [9.17, 15) is 4.79 Å². The molecule has 4 rings (SSSR count). The van der Waals surface area contributed by atoms with Crippen LogP contribution in [-0.2, 0) is 11.4 Å². The number of rotatable bonds is 9. The predicted molar refractivity (Wildman–Crippen MR) is 136 cm³/mol. The molecule has 176 valence electrons. The van der Waals surface area contributed by atoms with Gasteiger partial charge in [-0.1, -0.05) is 30.3 Å². The van der Waals surface area contributed by atoms with Crippen LogP contribution in [-0.4, -0.2) is 36.6 Å².